The standard InChI is InChI=1S/C20H27N3O2/c1-14-7-5-6-8-15(14)11-12-22-18-13-16(9-10-17(18)21)23-19(24)25-20(2,3)4/h5-10,13,22H,11-12,21H2,1-4H3,(H,23,24). The number of rotatable bonds is 5. The molecule has 5 nitrogen and oxygen atoms in total. The van der Waals surface area contributed by atoms with E-state index in [0.717, 1.165) is 18.7 Å². The molecule has 0 fully saturated rings. The van der Waals surface area contributed by atoms with Crippen LogP contribution < -0.4 is 16.4 Å². The van der Waals surface area contributed by atoms with E-state index in [4.69, 9.17) is 10.5 Å². The van der Waals surface area contributed by atoms with Gasteiger partial charge in [-0.1, -0.05) is 24.3 Å². The zero-order valence-electron chi connectivity index (χ0n) is 15.3. The van der Waals surface area contributed by atoms with Crippen LogP contribution in [0.2, 0.25) is 0 Å². The van der Waals surface area contributed by atoms with Gasteiger partial charge in [-0.25, -0.2) is 4.79 Å². The van der Waals surface area contributed by atoms with Crippen molar-refractivity contribution in [1.82, 2.24) is 0 Å². The number of ether oxygens (including phenoxy) is 1. The molecule has 1 amide bonds. The summed E-state index contributed by atoms with van der Waals surface area (Å²) in [5.74, 6) is 0. The second-order valence-electron chi connectivity index (χ2n) is 7.03. The van der Waals surface area contributed by atoms with Crippen LogP contribution in [0.15, 0.2) is 42.5 Å². The maximum absolute atomic E-state index is 11.9. The number of amides is 1. The van der Waals surface area contributed by atoms with Gasteiger partial charge in [0, 0.05) is 12.2 Å². The number of aryl methyl sites for hydroxylation is 1. The van der Waals surface area contributed by atoms with E-state index in [0.29, 0.717) is 11.4 Å². The first-order valence-electron chi connectivity index (χ1n) is 8.42. The Morgan fingerprint density at radius 2 is 1.88 bits per heavy atom. The molecule has 2 aromatic rings. The first kappa shape index (κ1) is 18.6. The number of nitrogen functional groups attached to an aromatic ring is 1. The van der Waals surface area contributed by atoms with Gasteiger partial charge in [0.2, 0.25) is 0 Å². The molecule has 0 spiro atoms. The number of hydrogen-bond donors (Lipinski definition) is 3. The lowest BCUT2D eigenvalue weighted by Crippen LogP contribution is -2.27. The van der Waals surface area contributed by atoms with E-state index in [2.05, 4.69) is 29.7 Å². The van der Waals surface area contributed by atoms with Crippen LogP contribution in [0.1, 0.15) is 31.9 Å². The highest BCUT2D eigenvalue weighted by Gasteiger charge is 2.16. The normalized spacial score (nSPS) is 11.0. The number of benzene rings is 2. The van der Waals surface area contributed by atoms with Crippen molar-refractivity contribution < 1.29 is 9.53 Å². The van der Waals surface area contributed by atoms with Crippen molar-refractivity contribution >= 4 is 23.2 Å². The molecule has 0 aliphatic carbocycles. The number of carbonyl (C=O) groups is 1. The lowest BCUT2D eigenvalue weighted by atomic mass is 10.1. The third-order valence-corrected chi connectivity index (χ3v) is 3.67. The summed E-state index contributed by atoms with van der Waals surface area (Å²) in [5.41, 5.74) is 10.1. The van der Waals surface area contributed by atoms with Crippen LogP contribution in [0.3, 0.4) is 0 Å². The molecule has 0 heterocycles. The summed E-state index contributed by atoms with van der Waals surface area (Å²) in [6.45, 7) is 8.34. The molecule has 4 N–H and O–H groups in total. The Kier molecular flexibility index (Phi) is 5.91. The second-order valence-corrected chi connectivity index (χ2v) is 7.03. The lowest BCUT2D eigenvalue weighted by molar-refractivity contribution is 0.0636. The third kappa shape index (κ3) is 6.03. The summed E-state index contributed by atoms with van der Waals surface area (Å²) in [5, 5.41) is 6.06. The Hall–Kier alpha value is -2.69. The maximum Gasteiger partial charge on any atom is 0.412 e. The molecule has 0 saturated heterocycles. The van der Waals surface area contributed by atoms with Crippen LogP contribution in [0.5, 0.6) is 0 Å². The molecule has 2 aromatic carbocycles. The van der Waals surface area contributed by atoms with Crippen molar-refractivity contribution in [3.05, 3.63) is 53.6 Å². The molecule has 0 atom stereocenters. The SMILES string of the molecule is Cc1ccccc1CCNc1cc(NC(=O)OC(C)(C)C)ccc1N. The Balaban J connectivity index is 1.97. The quantitative estimate of drug-likeness (QED) is 0.696. The average molecular weight is 341 g/mol. The van der Waals surface area contributed by atoms with Gasteiger partial charge >= 0.3 is 6.09 Å². The van der Waals surface area contributed by atoms with Crippen LogP contribution in [-0.4, -0.2) is 18.2 Å². The molecule has 0 bridgehead atoms. The maximum atomic E-state index is 11.9. The van der Waals surface area contributed by atoms with Crippen molar-refractivity contribution in [2.45, 2.75) is 39.7 Å². The smallest absolute Gasteiger partial charge is 0.412 e. The molecule has 134 valence electrons. The fraction of sp³-hybridized carbons (Fsp3) is 0.350. The third-order valence-electron chi connectivity index (χ3n) is 3.67. The van der Waals surface area contributed by atoms with Crippen molar-refractivity contribution in [3.63, 3.8) is 0 Å². The van der Waals surface area contributed by atoms with Gasteiger partial charge in [0.1, 0.15) is 5.60 Å². The van der Waals surface area contributed by atoms with Gasteiger partial charge in [0.05, 0.1) is 11.4 Å². The number of carbonyl (C=O) groups excluding carboxylic acids is 1. The van der Waals surface area contributed by atoms with Crippen LogP contribution in [0.4, 0.5) is 21.9 Å². The summed E-state index contributed by atoms with van der Waals surface area (Å²) >= 11 is 0. The molecule has 0 aromatic heterocycles. The van der Waals surface area contributed by atoms with E-state index in [-0.39, 0.29) is 0 Å². The molecule has 0 radical (unpaired) electrons. The van der Waals surface area contributed by atoms with E-state index >= 15 is 0 Å². The number of hydrogen-bond acceptors (Lipinski definition) is 4. The average Bonchev–Trinajstić information content (AvgIpc) is 2.50. The number of nitrogens with one attached hydrogen (secondary N) is 2. The first-order valence-corrected chi connectivity index (χ1v) is 8.42. The summed E-state index contributed by atoms with van der Waals surface area (Å²) in [6.07, 6.45) is 0.415. The topological polar surface area (TPSA) is 76.4 Å². The zero-order chi connectivity index (χ0) is 18.4. The van der Waals surface area contributed by atoms with Crippen molar-refractivity contribution in [3.8, 4) is 0 Å². The molecule has 2 rings (SSSR count). The van der Waals surface area contributed by atoms with Crippen LogP contribution in [0.25, 0.3) is 0 Å². The molecule has 0 aliphatic heterocycles. The molecular weight excluding hydrogens is 314 g/mol. The van der Waals surface area contributed by atoms with Crippen molar-refractivity contribution in [2.24, 2.45) is 0 Å². The fourth-order valence-electron chi connectivity index (χ4n) is 2.43. The highest BCUT2D eigenvalue weighted by atomic mass is 16.6. The van der Waals surface area contributed by atoms with E-state index in [1.165, 1.54) is 11.1 Å². The minimum atomic E-state index is -0.535. The van der Waals surface area contributed by atoms with Crippen LogP contribution in [0, 0.1) is 6.92 Å². The molecule has 5 heteroatoms. The largest absolute Gasteiger partial charge is 0.444 e. The number of anilines is 3. The second kappa shape index (κ2) is 7.92. The number of nitrogens with two attached hydrogens (primary N) is 1. The zero-order valence-corrected chi connectivity index (χ0v) is 15.3. The minimum Gasteiger partial charge on any atom is -0.444 e. The van der Waals surface area contributed by atoms with Gasteiger partial charge in [-0.15, -0.1) is 0 Å². The predicted molar refractivity (Wildman–Crippen MR) is 104 cm³/mol. The monoisotopic (exact) mass is 341 g/mol. The van der Waals surface area contributed by atoms with Gasteiger partial charge < -0.3 is 15.8 Å². The van der Waals surface area contributed by atoms with Crippen molar-refractivity contribution in [1.29, 1.82) is 0 Å². The summed E-state index contributed by atoms with van der Waals surface area (Å²) in [6, 6.07) is 13.7. The first-order chi connectivity index (χ1) is 11.7. The predicted octanol–water partition coefficient (Wildman–Crippen LogP) is 4.58. The Morgan fingerprint density at radius 1 is 1.16 bits per heavy atom. The van der Waals surface area contributed by atoms with E-state index in [9.17, 15) is 4.79 Å². The highest BCUT2D eigenvalue weighted by Crippen LogP contribution is 2.24. The Morgan fingerprint density at radius 3 is 2.56 bits per heavy atom. The van der Waals surface area contributed by atoms with Gasteiger partial charge in [-0.2, -0.15) is 0 Å². The van der Waals surface area contributed by atoms with E-state index < -0.39 is 11.7 Å². The molecule has 0 unspecified atom stereocenters. The van der Waals surface area contributed by atoms with Gasteiger partial charge in [-0.3, -0.25) is 5.32 Å². The Labute approximate surface area is 149 Å². The van der Waals surface area contributed by atoms with Gasteiger partial charge in [0.15, 0.2) is 0 Å². The molecule has 25 heavy (non-hydrogen) atoms. The fourth-order valence-corrected chi connectivity index (χ4v) is 2.43. The van der Waals surface area contributed by atoms with Crippen LogP contribution >= 0.6 is 0 Å². The van der Waals surface area contributed by atoms with Gasteiger partial charge in [0.25, 0.3) is 0 Å². The molecular formula is C20H27N3O2. The summed E-state index contributed by atoms with van der Waals surface area (Å²) < 4.78 is 5.26. The highest BCUT2D eigenvalue weighted by molar-refractivity contribution is 5.87. The van der Waals surface area contributed by atoms with Gasteiger partial charge in [-0.05, 0) is 63.4 Å². The Bertz CT molecular complexity index is 736. The van der Waals surface area contributed by atoms with Crippen molar-refractivity contribution in [2.75, 3.05) is 22.9 Å². The lowest BCUT2D eigenvalue weighted by Gasteiger charge is -2.20. The van der Waals surface area contributed by atoms with Crippen LogP contribution in [-0.2, 0) is 11.2 Å². The van der Waals surface area contributed by atoms with E-state index in [1.807, 2.05) is 39.0 Å². The summed E-state index contributed by atoms with van der Waals surface area (Å²) in [7, 11) is 0. The minimum absolute atomic E-state index is 0.483. The van der Waals surface area contributed by atoms with E-state index in [1.54, 1.807) is 12.1 Å². The summed E-state index contributed by atoms with van der Waals surface area (Å²) in [4.78, 5) is 11.9. The molecule has 0 aliphatic rings. The molecule has 0 saturated carbocycles.